The van der Waals surface area contributed by atoms with Gasteiger partial charge in [-0.1, -0.05) is 19.1 Å². The molecule has 0 atom stereocenters. The largest absolute Gasteiger partial charge is 0.397 e. The minimum Gasteiger partial charge on any atom is -0.397 e. The minimum atomic E-state index is -0.0156. The molecule has 1 heterocycles. The summed E-state index contributed by atoms with van der Waals surface area (Å²) >= 11 is 0. The molecule has 1 rings (SSSR count). The number of anilines is 1. The second-order valence-corrected chi connectivity index (χ2v) is 4.47. The number of nitrogens with two attached hydrogens (primary N) is 1. The quantitative estimate of drug-likeness (QED) is 0.795. The lowest BCUT2D eigenvalue weighted by molar-refractivity contribution is 0.0796. The zero-order valence-corrected chi connectivity index (χ0v) is 10.9. The number of nitrogen functional groups attached to an aromatic ring is 1. The Morgan fingerprint density at radius 1 is 1.59 bits per heavy atom. The van der Waals surface area contributed by atoms with E-state index in [0.29, 0.717) is 17.9 Å². The molecule has 0 radical (unpaired) electrons. The maximum Gasteiger partial charge on any atom is 0.270 e. The lowest BCUT2D eigenvalue weighted by Gasteiger charge is -2.18. The van der Waals surface area contributed by atoms with Crippen LogP contribution >= 0.6 is 0 Å². The van der Waals surface area contributed by atoms with Gasteiger partial charge in [0.15, 0.2) is 0 Å². The third-order valence-electron chi connectivity index (χ3n) is 2.46. The predicted octanol–water partition coefficient (Wildman–Crippen LogP) is 2.13. The van der Waals surface area contributed by atoms with Gasteiger partial charge in [0.1, 0.15) is 5.69 Å². The predicted molar refractivity (Wildman–Crippen MR) is 70.9 cm³/mol. The van der Waals surface area contributed by atoms with Crippen molar-refractivity contribution in [2.24, 2.45) is 0 Å². The number of hydrogen-bond acceptors (Lipinski definition) is 2. The topological polar surface area (TPSA) is 51.3 Å². The van der Waals surface area contributed by atoms with Crippen LogP contribution in [0.25, 0.3) is 0 Å². The van der Waals surface area contributed by atoms with Gasteiger partial charge in [-0.2, -0.15) is 0 Å². The maximum atomic E-state index is 12.2. The first kappa shape index (κ1) is 13.4. The molecule has 1 aromatic rings. The van der Waals surface area contributed by atoms with Crippen LogP contribution in [0.5, 0.6) is 0 Å². The van der Waals surface area contributed by atoms with Gasteiger partial charge in [-0.05, 0) is 19.4 Å². The Balaban J connectivity index is 2.90. The number of aromatic nitrogens is 1. The average Bonchev–Trinajstić information content (AvgIpc) is 2.58. The van der Waals surface area contributed by atoms with Crippen LogP contribution in [0.2, 0.25) is 0 Å². The first-order chi connectivity index (χ1) is 7.95. The molecule has 0 aliphatic rings. The van der Waals surface area contributed by atoms with Gasteiger partial charge in [-0.15, -0.1) is 0 Å². The third kappa shape index (κ3) is 3.37. The Morgan fingerprint density at radius 2 is 2.24 bits per heavy atom. The van der Waals surface area contributed by atoms with E-state index in [1.807, 2.05) is 17.7 Å². The summed E-state index contributed by atoms with van der Waals surface area (Å²) in [7, 11) is 1.77. The molecule has 0 unspecified atom stereocenters. The van der Waals surface area contributed by atoms with Crippen LogP contribution in [0.15, 0.2) is 24.4 Å². The molecule has 0 saturated carbocycles. The monoisotopic (exact) mass is 235 g/mol. The van der Waals surface area contributed by atoms with Gasteiger partial charge in [0.2, 0.25) is 0 Å². The van der Waals surface area contributed by atoms with Crippen molar-refractivity contribution in [2.75, 3.05) is 19.3 Å². The Kier molecular flexibility index (Phi) is 4.37. The van der Waals surface area contributed by atoms with E-state index in [1.54, 1.807) is 18.0 Å². The molecule has 1 aromatic heterocycles. The molecule has 4 heteroatoms. The Hall–Kier alpha value is -1.71. The van der Waals surface area contributed by atoms with E-state index in [-0.39, 0.29) is 5.91 Å². The fourth-order valence-corrected chi connectivity index (χ4v) is 1.81. The van der Waals surface area contributed by atoms with E-state index in [9.17, 15) is 4.79 Å². The highest BCUT2D eigenvalue weighted by atomic mass is 16.2. The summed E-state index contributed by atoms with van der Waals surface area (Å²) in [5, 5.41) is 0. The van der Waals surface area contributed by atoms with Crippen LogP contribution in [0.1, 0.15) is 30.8 Å². The van der Waals surface area contributed by atoms with Crippen molar-refractivity contribution in [3.05, 3.63) is 30.1 Å². The minimum absolute atomic E-state index is 0.0156. The SMILES string of the molecule is C=C(C)CN(C)C(=O)c1cc(N)cn1CCC. The molecule has 0 saturated heterocycles. The molecule has 0 aliphatic carbocycles. The molecule has 0 bridgehead atoms. The zero-order chi connectivity index (χ0) is 13.0. The number of aryl methyl sites for hydroxylation is 1. The van der Waals surface area contributed by atoms with Gasteiger partial charge in [0.05, 0.1) is 5.69 Å². The van der Waals surface area contributed by atoms with Crippen molar-refractivity contribution >= 4 is 11.6 Å². The number of hydrogen-bond donors (Lipinski definition) is 1. The number of carbonyl (C=O) groups is 1. The molecule has 4 nitrogen and oxygen atoms in total. The lowest BCUT2D eigenvalue weighted by Crippen LogP contribution is -2.29. The highest BCUT2D eigenvalue weighted by Crippen LogP contribution is 2.13. The molecular weight excluding hydrogens is 214 g/mol. The van der Waals surface area contributed by atoms with Gasteiger partial charge >= 0.3 is 0 Å². The summed E-state index contributed by atoms with van der Waals surface area (Å²) in [6, 6.07) is 1.73. The van der Waals surface area contributed by atoms with Crippen LogP contribution in [-0.2, 0) is 6.54 Å². The van der Waals surface area contributed by atoms with E-state index in [2.05, 4.69) is 13.5 Å². The molecule has 94 valence electrons. The second kappa shape index (κ2) is 5.57. The smallest absolute Gasteiger partial charge is 0.270 e. The fourth-order valence-electron chi connectivity index (χ4n) is 1.81. The van der Waals surface area contributed by atoms with E-state index in [1.165, 1.54) is 0 Å². The van der Waals surface area contributed by atoms with Gasteiger partial charge in [0.25, 0.3) is 5.91 Å². The Bertz CT molecular complexity index is 420. The van der Waals surface area contributed by atoms with Crippen molar-refractivity contribution in [3.63, 3.8) is 0 Å². The summed E-state index contributed by atoms with van der Waals surface area (Å²) < 4.78 is 1.91. The number of rotatable bonds is 5. The van der Waals surface area contributed by atoms with Gasteiger partial charge in [-0.25, -0.2) is 0 Å². The van der Waals surface area contributed by atoms with Crippen LogP contribution in [-0.4, -0.2) is 29.0 Å². The standard InChI is InChI=1S/C13H21N3O/c1-5-6-16-9-11(14)7-12(16)13(17)15(4)8-10(2)3/h7,9H,2,5-6,8,14H2,1,3-4H3. The van der Waals surface area contributed by atoms with Crippen molar-refractivity contribution < 1.29 is 4.79 Å². The molecule has 17 heavy (non-hydrogen) atoms. The highest BCUT2D eigenvalue weighted by molar-refractivity contribution is 5.93. The molecule has 0 aliphatic heterocycles. The molecule has 0 spiro atoms. The Labute approximate surface area is 103 Å². The second-order valence-electron chi connectivity index (χ2n) is 4.47. The zero-order valence-electron chi connectivity index (χ0n) is 10.9. The van der Waals surface area contributed by atoms with Crippen molar-refractivity contribution in [2.45, 2.75) is 26.8 Å². The Morgan fingerprint density at radius 3 is 2.76 bits per heavy atom. The van der Waals surface area contributed by atoms with E-state index < -0.39 is 0 Å². The summed E-state index contributed by atoms with van der Waals surface area (Å²) in [6.45, 7) is 9.16. The van der Waals surface area contributed by atoms with Crippen LogP contribution in [0.3, 0.4) is 0 Å². The molecular formula is C13H21N3O. The number of amides is 1. The lowest BCUT2D eigenvalue weighted by atomic mass is 10.3. The average molecular weight is 235 g/mol. The van der Waals surface area contributed by atoms with Crippen molar-refractivity contribution in [1.29, 1.82) is 0 Å². The third-order valence-corrected chi connectivity index (χ3v) is 2.46. The highest BCUT2D eigenvalue weighted by Gasteiger charge is 2.16. The van der Waals surface area contributed by atoms with Crippen molar-refractivity contribution in [1.82, 2.24) is 9.47 Å². The normalized spacial score (nSPS) is 10.3. The molecule has 1 amide bonds. The van der Waals surface area contributed by atoms with Crippen LogP contribution < -0.4 is 5.73 Å². The van der Waals surface area contributed by atoms with Crippen LogP contribution in [0.4, 0.5) is 5.69 Å². The summed E-state index contributed by atoms with van der Waals surface area (Å²) in [4.78, 5) is 13.9. The first-order valence-electron chi connectivity index (χ1n) is 5.81. The maximum absolute atomic E-state index is 12.2. The van der Waals surface area contributed by atoms with Crippen LogP contribution in [0, 0.1) is 0 Å². The van der Waals surface area contributed by atoms with Crippen molar-refractivity contribution in [3.8, 4) is 0 Å². The van der Waals surface area contributed by atoms with E-state index >= 15 is 0 Å². The van der Waals surface area contributed by atoms with Gasteiger partial charge < -0.3 is 15.2 Å². The first-order valence-corrected chi connectivity index (χ1v) is 5.81. The molecule has 2 N–H and O–H groups in total. The summed E-state index contributed by atoms with van der Waals surface area (Å²) in [6.07, 6.45) is 2.78. The molecule has 0 aromatic carbocycles. The fraction of sp³-hybridized carbons (Fsp3) is 0.462. The van der Waals surface area contributed by atoms with E-state index in [0.717, 1.165) is 18.5 Å². The molecule has 0 fully saturated rings. The number of likely N-dealkylation sites (N-methyl/N-ethyl adjacent to an activating group) is 1. The van der Waals surface area contributed by atoms with Gasteiger partial charge in [-0.3, -0.25) is 4.79 Å². The van der Waals surface area contributed by atoms with Gasteiger partial charge in [0, 0.05) is 26.3 Å². The van der Waals surface area contributed by atoms with E-state index in [4.69, 9.17) is 5.73 Å². The number of nitrogens with zero attached hydrogens (tertiary/aromatic N) is 2. The number of carbonyl (C=O) groups excluding carboxylic acids is 1. The summed E-state index contributed by atoms with van der Waals surface area (Å²) in [5.41, 5.74) is 7.98. The summed E-state index contributed by atoms with van der Waals surface area (Å²) in [5.74, 6) is -0.0156.